The lowest BCUT2D eigenvalue weighted by molar-refractivity contribution is -0.125. The molecule has 2 aromatic carbocycles. The molecule has 2 amide bonds. The summed E-state index contributed by atoms with van der Waals surface area (Å²) in [6, 6.07) is 15.8. The van der Waals surface area contributed by atoms with Gasteiger partial charge < -0.3 is 15.1 Å². The number of rotatable bonds is 8. The zero-order chi connectivity index (χ0) is 25.2. The first-order valence-corrected chi connectivity index (χ1v) is 13.1. The summed E-state index contributed by atoms with van der Waals surface area (Å²) in [5.41, 5.74) is 2.66. The van der Waals surface area contributed by atoms with Crippen LogP contribution in [0.2, 0.25) is 5.02 Å². The highest BCUT2D eigenvalue weighted by Crippen LogP contribution is 2.61. The number of halogens is 1. The molecule has 1 saturated heterocycles. The van der Waals surface area contributed by atoms with E-state index in [2.05, 4.69) is 10.2 Å². The number of hydrogen-bond acceptors (Lipinski definition) is 3. The van der Waals surface area contributed by atoms with Gasteiger partial charge in [-0.1, -0.05) is 41.9 Å². The van der Waals surface area contributed by atoms with Gasteiger partial charge in [0.05, 0.1) is 16.0 Å². The molecule has 6 heteroatoms. The van der Waals surface area contributed by atoms with Crippen molar-refractivity contribution in [2.45, 2.75) is 51.4 Å². The van der Waals surface area contributed by atoms with Gasteiger partial charge in [-0.2, -0.15) is 0 Å². The number of nitrogens with zero attached hydrogens (tertiary/aromatic N) is 2. The van der Waals surface area contributed by atoms with Gasteiger partial charge in [-0.3, -0.25) is 9.59 Å². The highest BCUT2D eigenvalue weighted by atomic mass is 35.5. The van der Waals surface area contributed by atoms with Crippen LogP contribution in [0.15, 0.2) is 48.5 Å². The number of anilines is 1. The molecule has 1 aliphatic carbocycles. The van der Waals surface area contributed by atoms with Gasteiger partial charge >= 0.3 is 0 Å². The van der Waals surface area contributed by atoms with E-state index in [1.165, 1.54) is 25.7 Å². The van der Waals surface area contributed by atoms with E-state index in [0.29, 0.717) is 16.0 Å². The maximum absolute atomic E-state index is 12.8. The maximum Gasteiger partial charge on any atom is 0.254 e. The summed E-state index contributed by atoms with van der Waals surface area (Å²) in [7, 11) is 3.48. The van der Waals surface area contributed by atoms with Crippen LogP contribution in [0, 0.1) is 11.3 Å². The largest absolute Gasteiger partial charge is 0.371 e. The molecule has 1 saturated carbocycles. The minimum atomic E-state index is -0.518. The monoisotopic (exact) mass is 495 g/mol. The second kappa shape index (κ2) is 10.2. The Morgan fingerprint density at radius 1 is 1.11 bits per heavy atom. The SMILES string of the molecule is CN(C)C(=O)c1ccc(N2CCC3(CC2)CC3CCCNC(=O)C(C)(C)c2ccccc2)cc1Cl. The summed E-state index contributed by atoms with van der Waals surface area (Å²) in [6.45, 7) is 6.76. The van der Waals surface area contributed by atoms with Gasteiger partial charge in [0.25, 0.3) is 5.91 Å². The molecular formula is C29H38ClN3O2. The minimum absolute atomic E-state index is 0.0696. The van der Waals surface area contributed by atoms with Crippen molar-refractivity contribution in [1.29, 1.82) is 0 Å². The second-order valence-electron chi connectivity index (χ2n) is 11.0. The Labute approximate surface area is 214 Å². The van der Waals surface area contributed by atoms with Crippen molar-refractivity contribution in [2.24, 2.45) is 11.3 Å². The molecule has 1 spiro atoms. The van der Waals surface area contributed by atoms with E-state index in [1.54, 1.807) is 19.0 Å². The van der Waals surface area contributed by atoms with Crippen LogP contribution >= 0.6 is 11.6 Å². The Balaban J connectivity index is 1.21. The van der Waals surface area contributed by atoms with Crippen LogP contribution in [0.1, 0.15) is 61.9 Å². The summed E-state index contributed by atoms with van der Waals surface area (Å²) in [6.07, 6.45) is 5.91. The quantitative estimate of drug-likeness (QED) is 0.490. The summed E-state index contributed by atoms with van der Waals surface area (Å²) < 4.78 is 0. The van der Waals surface area contributed by atoms with E-state index in [0.717, 1.165) is 43.2 Å². The molecule has 1 aliphatic heterocycles. The van der Waals surface area contributed by atoms with Gasteiger partial charge in [0.1, 0.15) is 0 Å². The molecule has 0 radical (unpaired) electrons. The number of nitrogens with one attached hydrogen (secondary N) is 1. The first-order valence-electron chi connectivity index (χ1n) is 12.7. The van der Waals surface area contributed by atoms with E-state index in [4.69, 9.17) is 11.6 Å². The smallest absolute Gasteiger partial charge is 0.254 e. The van der Waals surface area contributed by atoms with Crippen LogP contribution < -0.4 is 10.2 Å². The topological polar surface area (TPSA) is 52.7 Å². The molecule has 1 unspecified atom stereocenters. The molecule has 1 atom stereocenters. The molecule has 2 fully saturated rings. The lowest BCUT2D eigenvalue weighted by Crippen LogP contribution is -2.40. The first-order chi connectivity index (χ1) is 16.6. The van der Waals surface area contributed by atoms with Gasteiger partial charge in [-0.15, -0.1) is 0 Å². The molecule has 0 bridgehead atoms. The molecule has 188 valence electrons. The normalized spacial score (nSPS) is 18.9. The third-order valence-electron chi connectivity index (χ3n) is 8.15. The van der Waals surface area contributed by atoms with Crippen molar-refractivity contribution < 1.29 is 9.59 Å². The highest BCUT2D eigenvalue weighted by Gasteiger charge is 2.53. The minimum Gasteiger partial charge on any atom is -0.371 e. The van der Waals surface area contributed by atoms with Gasteiger partial charge in [-0.25, -0.2) is 0 Å². The van der Waals surface area contributed by atoms with Crippen LogP contribution in [0.3, 0.4) is 0 Å². The molecule has 35 heavy (non-hydrogen) atoms. The van der Waals surface area contributed by atoms with E-state index < -0.39 is 5.41 Å². The molecule has 1 heterocycles. The van der Waals surface area contributed by atoms with Gasteiger partial charge in [-0.05, 0) is 81.0 Å². The zero-order valence-corrected chi connectivity index (χ0v) is 22.2. The molecule has 0 aromatic heterocycles. The highest BCUT2D eigenvalue weighted by molar-refractivity contribution is 6.34. The average molecular weight is 496 g/mol. The Kier molecular flexibility index (Phi) is 7.46. The predicted octanol–water partition coefficient (Wildman–Crippen LogP) is 5.52. The average Bonchev–Trinajstić information content (AvgIpc) is 3.53. The Hall–Kier alpha value is -2.53. The van der Waals surface area contributed by atoms with Crippen molar-refractivity contribution >= 4 is 29.1 Å². The Morgan fingerprint density at radius 2 is 1.80 bits per heavy atom. The lowest BCUT2D eigenvalue weighted by atomic mass is 9.83. The molecule has 2 aliphatic rings. The van der Waals surface area contributed by atoms with Crippen LogP contribution in [0.4, 0.5) is 5.69 Å². The van der Waals surface area contributed by atoms with Crippen LogP contribution in [-0.4, -0.2) is 50.4 Å². The Bertz CT molecular complexity index is 1060. The third-order valence-corrected chi connectivity index (χ3v) is 8.46. The van der Waals surface area contributed by atoms with Crippen molar-refractivity contribution in [3.05, 3.63) is 64.7 Å². The molecule has 5 nitrogen and oxygen atoms in total. The second-order valence-corrected chi connectivity index (χ2v) is 11.4. The van der Waals surface area contributed by atoms with Crippen LogP contribution in [-0.2, 0) is 10.2 Å². The number of hydrogen-bond donors (Lipinski definition) is 1. The van der Waals surface area contributed by atoms with Gasteiger partial charge in [0, 0.05) is 39.4 Å². The first kappa shape index (κ1) is 25.6. The Morgan fingerprint density at radius 3 is 2.43 bits per heavy atom. The summed E-state index contributed by atoms with van der Waals surface area (Å²) in [5.74, 6) is 0.798. The van der Waals surface area contributed by atoms with Crippen LogP contribution in [0.25, 0.3) is 0 Å². The van der Waals surface area contributed by atoms with E-state index >= 15 is 0 Å². The van der Waals surface area contributed by atoms with Gasteiger partial charge in [0.15, 0.2) is 0 Å². The lowest BCUT2D eigenvalue weighted by Gasteiger charge is -2.35. The van der Waals surface area contributed by atoms with Crippen molar-refractivity contribution in [1.82, 2.24) is 10.2 Å². The summed E-state index contributed by atoms with van der Waals surface area (Å²) >= 11 is 6.43. The number of carbonyl (C=O) groups excluding carboxylic acids is 2. The van der Waals surface area contributed by atoms with Crippen molar-refractivity contribution in [3.8, 4) is 0 Å². The number of benzene rings is 2. The fourth-order valence-corrected chi connectivity index (χ4v) is 5.79. The van der Waals surface area contributed by atoms with E-state index in [-0.39, 0.29) is 11.8 Å². The van der Waals surface area contributed by atoms with Crippen LogP contribution in [0.5, 0.6) is 0 Å². The predicted molar refractivity (Wildman–Crippen MR) is 143 cm³/mol. The number of amides is 2. The van der Waals surface area contributed by atoms with Crippen molar-refractivity contribution in [3.63, 3.8) is 0 Å². The van der Waals surface area contributed by atoms with Crippen molar-refractivity contribution in [2.75, 3.05) is 38.6 Å². The molecule has 2 aromatic rings. The fraction of sp³-hybridized carbons (Fsp3) is 0.517. The van der Waals surface area contributed by atoms with E-state index in [9.17, 15) is 9.59 Å². The number of piperidine rings is 1. The molecule has 1 N–H and O–H groups in total. The third kappa shape index (κ3) is 5.50. The fourth-order valence-electron chi connectivity index (χ4n) is 5.53. The molecular weight excluding hydrogens is 458 g/mol. The number of carbonyl (C=O) groups is 2. The maximum atomic E-state index is 12.8. The zero-order valence-electron chi connectivity index (χ0n) is 21.4. The summed E-state index contributed by atoms with van der Waals surface area (Å²) in [5, 5.41) is 3.68. The summed E-state index contributed by atoms with van der Waals surface area (Å²) in [4.78, 5) is 28.9. The standard InChI is InChI=1S/C29H38ClN3O2/c1-28(2,21-9-6-5-7-10-21)27(35)31-16-8-11-22-20-29(22)14-17-33(18-15-29)23-12-13-24(25(30)19-23)26(34)32(3)4/h5-7,9-10,12-13,19,22H,8,11,14-18,20H2,1-4H3,(H,31,35). The van der Waals surface area contributed by atoms with E-state index in [1.807, 2.05) is 62.4 Å². The van der Waals surface area contributed by atoms with Gasteiger partial charge in [0.2, 0.25) is 5.91 Å². The molecule has 4 rings (SSSR count).